The van der Waals surface area contributed by atoms with Crippen molar-refractivity contribution in [1.29, 1.82) is 0 Å². The van der Waals surface area contributed by atoms with Crippen LogP contribution in [0.3, 0.4) is 0 Å². The zero-order valence-electron chi connectivity index (χ0n) is 16.4. The molecule has 150 valence electrons. The fraction of sp³-hybridized carbons (Fsp3) is 0.391. The van der Waals surface area contributed by atoms with Crippen LogP contribution in [0.1, 0.15) is 54.4 Å². The van der Waals surface area contributed by atoms with Crippen LogP contribution in [-0.2, 0) is 0 Å². The number of rotatable bonds is 5. The molecule has 1 heterocycles. The third-order valence-electron chi connectivity index (χ3n) is 5.90. The van der Waals surface area contributed by atoms with Gasteiger partial charge in [-0.25, -0.2) is 9.37 Å². The topological polar surface area (TPSA) is 54.0 Å². The smallest absolute Gasteiger partial charge is 0.251 e. The second-order valence-corrected chi connectivity index (χ2v) is 9.24. The van der Waals surface area contributed by atoms with E-state index in [9.17, 15) is 9.18 Å². The van der Waals surface area contributed by atoms with E-state index in [-0.39, 0.29) is 17.8 Å². The fourth-order valence-corrected chi connectivity index (χ4v) is 4.99. The third-order valence-corrected chi connectivity index (χ3v) is 6.85. The summed E-state index contributed by atoms with van der Waals surface area (Å²) in [6.07, 6.45) is 6.98. The molecule has 0 aliphatic heterocycles. The van der Waals surface area contributed by atoms with Crippen LogP contribution in [0.4, 0.5) is 9.52 Å². The van der Waals surface area contributed by atoms with Crippen molar-refractivity contribution in [3.8, 4) is 11.1 Å². The molecule has 4 nitrogen and oxygen atoms in total. The van der Waals surface area contributed by atoms with Crippen LogP contribution in [-0.4, -0.2) is 23.0 Å². The highest BCUT2D eigenvalue weighted by molar-refractivity contribution is 7.22. The Labute approximate surface area is 173 Å². The highest BCUT2D eigenvalue weighted by atomic mass is 32.1. The zero-order valence-corrected chi connectivity index (χ0v) is 17.2. The summed E-state index contributed by atoms with van der Waals surface area (Å²) in [7, 11) is 0. The molecule has 2 saturated carbocycles. The molecule has 2 aromatic carbocycles. The van der Waals surface area contributed by atoms with Crippen molar-refractivity contribution in [1.82, 2.24) is 10.3 Å². The van der Waals surface area contributed by atoms with Gasteiger partial charge in [0.2, 0.25) is 0 Å². The number of hydrogen-bond donors (Lipinski definition) is 2. The summed E-state index contributed by atoms with van der Waals surface area (Å²) in [6.45, 7) is 1.76. The molecule has 0 atom stereocenters. The number of thiazole rings is 1. The van der Waals surface area contributed by atoms with Gasteiger partial charge in [-0.05, 0) is 73.6 Å². The van der Waals surface area contributed by atoms with Crippen LogP contribution in [0.2, 0.25) is 0 Å². The summed E-state index contributed by atoms with van der Waals surface area (Å²) >= 11 is 1.63. The first-order chi connectivity index (χ1) is 14.1. The van der Waals surface area contributed by atoms with Gasteiger partial charge >= 0.3 is 0 Å². The minimum absolute atomic E-state index is 0.199. The van der Waals surface area contributed by atoms with Crippen LogP contribution in [0, 0.1) is 12.7 Å². The number of fused-ring (bicyclic) bond motifs is 1. The molecule has 3 aromatic rings. The van der Waals surface area contributed by atoms with Crippen molar-refractivity contribution in [2.75, 3.05) is 5.32 Å². The van der Waals surface area contributed by atoms with E-state index in [1.165, 1.54) is 31.7 Å². The van der Waals surface area contributed by atoms with Gasteiger partial charge in [0.05, 0.1) is 10.2 Å². The molecule has 0 bridgehead atoms. The van der Waals surface area contributed by atoms with Crippen LogP contribution in [0.15, 0.2) is 30.3 Å². The SMILES string of the molecule is Cc1c(F)cc(C(=O)NC2CC2)cc1-c1ccc2nc(NC3CCCC3)sc2c1. The van der Waals surface area contributed by atoms with Crippen LogP contribution in [0.25, 0.3) is 21.3 Å². The fourth-order valence-electron chi connectivity index (χ4n) is 4.00. The third kappa shape index (κ3) is 3.86. The second-order valence-electron chi connectivity index (χ2n) is 8.21. The van der Waals surface area contributed by atoms with Crippen LogP contribution in [0.5, 0.6) is 0 Å². The van der Waals surface area contributed by atoms with E-state index >= 15 is 0 Å². The minimum atomic E-state index is -0.351. The summed E-state index contributed by atoms with van der Waals surface area (Å²) in [5.74, 6) is -0.550. The number of nitrogens with zero attached hydrogens (tertiary/aromatic N) is 1. The van der Waals surface area contributed by atoms with Gasteiger partial charge < -0.3 is 10.6 Å². The van der Waals surface area contributed by atoms with E-state index in [4.69, 9.17) is 4.98 Å². The number of carbonyl (C=O) groups is 1. The maximum atomic E-state index is 14.6. The summed E-state index contributed by atoms with van der Waals surface area (Å²) in [6, 6.07) is 9.90. The zero-order chi connectivity index (χ0) is 20.0. The lowest BCUT2D eigenvalue weighted by molar-refractivity contribution is 0.0950. The monoisotopic (exact) mass is 409 g/mol. The molecule has 2 N–H and O–H groups in total. The molecular weight excluding hydrogens is 385 g/mol. The molecule has 2 fully saturated rings. The lowest BCUT2D eigenvalue weighted by Gasteiger charge is -2.11. The molecule has 1 aromatic heterocycles. The van der Waals surface area contributed by atoms with Gasteiger partial charge in [-0.15, -0.1) is 0 Å². The van der Waals surface area contributed by atoms with Gasteiger partial charge in [0.1, 0.15) is 5.82 Å². The van der Waals surface area contributed by atoms with Crippen molar-refractivity contribution >= 4 is 32.6 Å². The molecule has 0 saturated heterocycles. The van der Waals surface area contributed by atoms with E-state index in [0.717, 1.165) is 39.3 Å². The van der Waals surface area contributed by atoms with Crippen molar-refractivity contribution in [3.63, 3.8) is 0 Å². The lowest BCUT2D eigenvalue weighted by atomic mass is 9.97. The number of hydrogen-bond acceptors (Lipinski definition) is 4. The molecule has 1 amide bonds. The Morgan fingerprint density at radius 1 is 1.10 bits per heavy atom. The maximum Gasteiger partial charge on any atom is 0.251 e. The van der Waals surface area contributed by atoms with Gasteiger partial charge in [0, 0.05) is 17.6 Å². The number of aromatic nitrogens is 1. The summed E-state index contributed by atoms with van der Waals surface area (Å²) in [5.41, 5.74) is 3.54. The lowest BCUT2D eigenvalue weighted by Crippen LogP contribution is -2.25. The average molecular weight is 410 g/mol. The van der Waals surface area contributed by atoms with E-state index in [2.05, 4.69) is 16.7 Å². The number of anilines is 1. The Morgan fingerprint density at radius 2 is 1.90 bits per heavy atom. The molecule has 0 spiro atoms. The van der Waals surface area contributed by atoms with Gasteiger partial charge in [-0.1, -0.05) is 30.2 Å². The highest BCUT2D eigenvalue weighted by Crippen LogP contribution is 2.34. The van der Waals surface area contributed by atoms with Crippen molar-refractivity contribution < 1.29 is 9.18 Å². The first-order valence-electron chi connectivity index (χ1n) is 10.4. The highest BCUT2D eigenvalue weighted by Gasteiger charge is 2.24. The van der Waals surface area contributed by atoms with E-state index in [1.807, 2.05) is 12.1 Å². The maximum absolute atomic E-state index is 14.6. The molecule has 2 aliphatic carbocycles. The van der Waals surface area contributed by atoms with E-state index < -0.39 is 0 Å². The quantitative estimate of drug-likeness (QED) is 0.572. The van der Waals surface area contributed by atoms with E-state index in [1.54, 1.807) is 24.3 Å². The Balaban J connectivity index is 1.47. The van der Waals surface area contributed by atoms with Crippen molar-refractivity contribution in [3.05, 3.63) is 47.3 Å². The minimum Gasteiger partial charge on any atom is -0.359 e. The number of nitrogens with one attached hydrogen (secondary N) is 2. The Hall–Kier alpha value is -2.47. The molecule has 0 unspecified atom stereocenters. The number of amides is 1. The van der Waals surface area contributed by atoms with Crippen molar-refractivity contribution in [2.24, 2.45) is 0 Å². The number of carbonyl (C=O) groups excluding carboxylic acids is 1. The first-order valence-corrected chi connectivity index (χ1v) is 11.2. The van der Waals surface area contributed by atoms with Crippen LogP contribution >= 0.6 is 11.3 Å². The van der Waals surface area contributed by atoms with Gasteiger partial charge in [-0.2, -0.15) is 0 Å². The van der Waals surface area contributed by atoms with Gasteiger partial charge in [0.15, 0.2) is 5.13 Å². The van der Waals surface area contributed by atoms with Crippen LogP contribution < -0.4 is 10.6 Å². The molecule has 5 rings (SSSR count). The van der Waals surface area contributed by atoms with Gasteiger partial charge in [0.25, 0.3) is 5.91 Å². The first kappa shape index (κ1) is 18.6. The van der Waals surface area contributed by atoms with E-state index in [0.29, 0.717) is 17.2 Å². The molecule has 29 heavy (non-hydrogen) atoms. The predicted octanol–water partition coefficient (Wildman–Crippen LogP) is 5.66. The molecule has 2 aliphatic rings. The molecule has 6 heteroatoms. The summed E-state index contributed by atoms with van der Waals surface area (Å²) in [5, 5.41) is 7.44. The molecule has 0 radical (unpaired) electrons. The van der Waals surface area contributed by atoms with Gasteiger partial charge in [-0.3, -0.25) is 4.79 Å². The summed E-state index contributed by atoms with van der Waals surface area (Å²) in [4.78, 5) is 17.1. The predicted molar refractivity (Wildman–Crippen MR) is 116 cm³/mol. The summed E-state index contributed by atoms with van der Waals surface area (Å²) < 4.78 is 15.6. The average Bonchev–Trinajstić information content (AvgIpc) is 3.21. The standard InChI is InChI=1S/C23H24FN3OS/c1-13-18(10-15(11-19(13)24)22(28)25-17-7-8-17)14-6-9-20-21(12-14)29-23(27-20)26-16-4-2-3-5-16/h6,9-12,16-17H,2-5,7-8H2,1H3,(H,25,28)(H,26,27). The van der Waals surface area contributed by atoms with Crippen molar-refractivity contribution in [2.45, 2.75) is 57.5 Å². The number of benzene rings is 2. The second kappa shape index (κ2) is 7.41. The molecular formula is C23H24FN3OS. The Kier molecular flexibility index (Phi) is 4.74. The Morgan fingerprint density at radius 3 is 2.66 bits per heavy atom. The number of halogens is 1. The normalized spacial score (nSPS) is 17.0. The Bertz CT molecular complexity index is 1080. The largest absolute Gasteiger partial charge is 0.359 e.